The Balaban J connectivity index is 2.27. The summed E-state index contributed by atoms with van der Waals surface area (Å²) < 4.78 is 0. The summed E-state index contributed by atoms with van der Waals surface area (Å²) in [4.78, 5) is 12.4. The predicted octanol–water partition coefficient (Wildman–Crippen LogP) is 2.78. The van der Waals surface area contributed by atoms with E-state index in [1.54, 1.807) is 12.1 Å². The zero-order chi connectivity index (χ0) is 14.8. The van der Waals surface area contributed by atoms with E-state index in [1.165, 1.54) is 6.07 Å². The van der Waals surface area contributed by atoms with Gasteiger partial charge in [-0.25, -0.2) is 0 Å². The average molecular weight is 316 g/mol. The van der Waals surface area contributed by atoms with Crippen molar-refractivity contribution in [2.24, 2.45) is 10.9 Å². The van der Waals surface area contributed by atoms with Gasteiger partial charge in [-0.15, -0.1) is 0 Å². The Morgan fingerprint density at radius 2 is 2.00 bits per heavy atom. The van der Waals surface area contributed by atoms with E-state index >= 15 is 0 Å². The standard InChI is InChI=1S/C13H15Cl2N3O2/c14-8-3-4-10(15)9(7-8)11(19)17-13(12(16)18-20)5-1-2-6-13/h3-4,7,20H,1-2,5-6H2,(H2,16,18)(H,17,19). The van der Waals surface area contributed by atoms with Crippen molar-refractivity contribution in [1.82, 2.24) is 5.32 Å². The van der Waals surface area contributed by atoms with Gasteiger partial charge in [0.2, 0.25) is 0 Å². The first-order chi connectivity index (χ1) is 9.48. The van der Waals surface area contributed by atoms with Crippen molar-refractivity contribution in [3.63, 3.8) is 0 Å². The van der Waals surface area contributed by atoms with Gasteiger partial charge in [-0.05, 0) is 31.0 Å². The predicted molar refractivity (Wildman–Crippen MR) is 78.5 cm³/mol. The second-order valence-corrected chi connectivity index (χ2v) is 5.70. The van der Waals surface area contributed by atoms with E-state index in [4.69, 9.17) is 34.1 Å². The van der Waals surface area contributed by atoms with Crippen molar-refractivity contribution in [2.45, 2.75) is 31.2 Å². The molecular formula is C13H15Cl2N3O2. The van der Waals surface area contributed by atoms with Crippen LogP contribution < -0.4 is 11.1 Å². The summed E-state index contributed by atoms with van der Waals surface area (Å²) in [5.74, 6) is -0.368. The molecule has 0 atom stereocenters. The van der Waals surface area contributed by atoms with Crippen molar-refractivity contribution >= 4 is 34.9 Å². The summed E-state index contributed by atoms with van der Waals surface area (Å²) in [7, 11) is 0. The largest absolute Gasteiger partial charge is 0.409 e. The molecule has 1 fully saturated rings. The number of oxime groups is 1. The number of nitrogens with zero attached hydrogens (tertiary/aromatic N) is 1. The number of amides is 1. The third-order valence-corrected chi connectivity index (χ3v) is 4.15. The molecule has 108 valence electrons. The van der Waals surface area contributed by atoms with Crippen LogP contribution in [-0.2, 0) is 0 Å². The molecule has 1 aromatic carbocycles. The van der Waals surface area contributed by atoms with E-state index < -0.39 is 5.54 Å². The SMILES string of the molecule is N/C(=N/O)C1(NC(=O)c2cc(Cl)ccc2Cl)CCCC1. The number of hydrogen-bond acceptors (Lipinski definition) is 3. The third-order valence-electron chi connectivity index (χ3n) is 3.58. The molecule has 0 heterocycles. The van der Waals surface area contributed by atoms with Crippen LogP contribution in [-0.4, -0.2) is 22.5 Å². The van der Waals surface area contributed by atoms with E-state index in [0.717, 1.165) is 12.8 Å². The van der Waals surface area contributed by atoms with Crippen LogP contribution in [0.3, 0.4) is 0 Å². The van der Waals surface area contributed by atoms with Crippen molar-refractivity contribution in [3.8, 4) is 0 Å². The fraction of sp³-hybridized carbons (Fsp3) is 0.385. The fourth-order valence-electron chi connectivity index (χ4n) is 2.48. The molecule has 0 radical (unpaired) electrons. The first-order valence-electron chi connectivity index (χ1n) is 6.24. The quantitative estimate of drug-likeness (QED) is 0.347. The normalized spacial score (nSPS) is 18.0. The van der Waals surface area contributed by atoms with Gasteiger partial charge in [-0.3, -0.25) is 4.79 Å². The highest BCUT2D eigenvalue weighted by Crippen LogP contribution is 2.31. The minimum atomic E-state index is -0.808. The number of carbonyl (C=O) groups is 1. The maximum absolute atomic E-state index is 12.4. The monoisotopic (exact) mass is 315 g/mol. The lowest BCUT2D eigenvalue weighted by Gasteiger charge is -2.28. The molecule has 0 bridgehead atoms. The average Bonchev–Trinajstić information content (AvgIpc) is 2.90. The first kappa shape index (κ1) is 14.9. The Bertz CT molecular complexity index is 555. The Labute approximate surface area is 126 Å². The summed E-state index contributed by atoms with van der Waals surface area (Å²) in [5.41, 5.74) is 5.20. The molecule has 1 aliphatic rings. The van der Waals surface area contributed by atoms with Gasteiger partial charge in [0.1, 0.15) is 5.54 Å². The summed E-state index contributed by atoms with van der Waals surface area (Å²) in [6.45, 7) is 0. The van der Waals surface area contributed by atoms with Crippen molar-refractivity contribution in [2.75, 3.05) is 0 Å². The maximum Gasteiger partial charge on any atom is 0.253 e. The minimum Gasteiger partial charge on any atom is -0.409 e. The van der Waals surface area contributed by atoms with Crippen LogP contribution in [0.5, 0.6) is 0 Å². The van der Waals surface area contributed by atoms with E-state index in [1.807, 2.05) is 0 Å². The van der Waals surface area contributed by atoms with Crippen LogP contribution in [0.15, 0.2) is 23.4 Å². The summed E-state index contributed by atoms with van der Waals surface area (Å²) >= 11 is 11.9. The molecule has 0 saturated heterocycles. The number of rotatable bonds is 3. The molecule has 5 nitrogen and oxygen atoms in total. The number of hydrogen-bond donors (Lipinski definition) is 3. The Hall–Kier alpha value is -1.46. The van der Waals surface area contributed by atoms with E-state index in [9.17, 15) is 4.79 Å². The van der Waals surface area contributed by atoms with Gasteiger partial charge >= 0.3 is 0 Å². The smallest absolute Gasteiger partial charge is 0.253 e. The molecule has 0 spiro atoms. The number of carbonyl (C=O) groups excluding carboxylic acids is 1. The lowest BCUT2D eigenvalue weighted by atomic mass is 9.95. The molecule has 1 amide bonds. The molecule has 0 unspecified atom stereocenters. The number of benzene rings is 1. The summed E-state index contributed by atoms with van der Waals surface area (Å²) in [6, 6.07) is 4.66. The number of halogens is 2. The Morgan fingerprint density at radius 1 is 1.35 bits per heavy atom. The Kier molecular flexibility index (Phi) is 4.40. The Morgan fingerprint density at radius 3 is 2.60 bits per heavy atom. The second-order valence-electron chi connectivity index (χ2n) is 4.85. The van der Waals surface area contributed by atoms with Gasteiger partial charge in [-0.1, -0.05) is 41.2 Å². The molecule has 1 aliphatic carbocycles. The molecule has 1 aromatic rings. The number of amidine groups is 1. The lowest BCUT2D eigenvalue weighted by molar-refractivity contribution is 0.0923. The highest BCUT2D eigenvalue weighted by Gasteiger charge is 2.40. The summed E-state index contributed by atoms with van der Waals surface area (Å²) in [5, 5.41) is 15.5. The van der Waals surface area contributed by atoms with Crippen molar-refractivity contribution in [1.29, 1.82) is 0 Å². The third kappa shape index (κ3) is 2.83. The van der Waals surface area contributed by atoms with E-state index in [-0.39, 0.29) is 17.3 Å². The molecular weight excluding hydrogens is 301 g/mol. The zero-order valence-corrected chi connectivity index (χ0v) is 12.2. The zero-order valence-electron chi connectivity index (χ0n) is 10.7. The van der Waals surface area contributed by atoms with Gasteiger partial charge in [0.15, 0.2) is 5.84 Å². The molecule has 0 aromatic heterocycles. The molecule has 20 heavy (non-hydrogen) atoms. The van der Waals surface area contributed by atoms with Crippen molar-refractivity contribution < 1.29 is 10.0 Å². The van der Waals surface area contributed by atoms with Gasteiger partial charge in [0, 0.05) is 5.02 Å². The maximum atomic E-state index is 12.4. The van der Waals surface area contributed by atoms with Gasteiger partial charge < -0.3 is 16.3 Å². The van der Waals surface area contributed by atoms with Gasteiger partial charge in [-0.2, -0.15) is 0 Å². The first-order valence-corrected chi connectivity index (χ1v) is 7.00. The van der Waals surface area contributed by atoms with Crippen LogP contribution >= 0.6 is 23.2 Å². The highest BCUT2D eigenvalue weighted by atomic mass is 35.5. The topological polar surface area (TPSA) is 87.7 Å². The fourth-order valence-corrected chi connectivity index (χ4v) is 2.85. The molecule has 1 saturated carbocycles. The van der Waals surface area contributed by atoms with Crippen LogP contribution in [0.2, 0.25) is 10.0 Å². The number of nitrogens with two attached hydrogens (primary N) is 1. The van der Waals surface area contributed by atoms with Gasteiger partial charge in [0.25, 0.3) is 5.91 Å². The van der Waals surface area contributed by atoms with Crippen LogP contribution in [0.1, 0.15) is 36.0 Å². The molecule has 4 N–H and O–H groups in total. The number of nitrogens with one attached hydrogen (secondary N) is 1. The summed E-state index contributed by atoms with van der Waals surface area (Å²) in [6.07, 6.45) is 3.07. The van der Waals surface area contributed by atoms with Crippen LogP contribution in [0.25, 0.3) is 0 Å². The highest BCUT2D eigenvalue weighted by molar-refractivity contribution is 6.35. The van der Waals surface area contributed by atoms with E-state index in [0.29, 0.717) is 22.9 Å². The van der Waals surface area contributed by atoms with Gasteiger partial charge in [0.05, 0.1) is 10.6 Å². The second kappa shape index (κ2) is 5.89. The molecule has 0 aliphatic heterocycles. The van der Waals surface area contributed by atoms with Crippen LogP contribution in [0, 0.1) is 0 Å². The van der Waals surface area contributed by atoms with Crippen molar-refractivity contribution in [3.05, 3.63) is 33.8 Å². The molecule has 2 rings (SSSR count). The lowest BCUT2D eigenvalue weighted by Crippen LogP contribution is -2.55. The van der Waals surface area contributed by atoms with Crippen LogP contribution in [0.4, 0.5) is 0 Å². The minimum absolute atomic E-state index is 0.0153. The van der Waals surface area contributed by atoms with E-state index in [2.05, 4.69) is 10.5 Å². The molecule has 7 heteroatoms.